The Bertz CT molecular complexity index is 1690. The van der Waals surface area contributed by atoms with Crippen LogP contribution in [-0.2, 0) is 39.7 Å². The van der Waals surface area contributed by atoms with Gasteiger partial charge in [-0.25, -0.2) is 4.79 Å². The number of carbonyl (C=O) groups is 7. The van der Waals surface area contributed by atoms with Gasteiger partial charge in [-0.3, -0.25) is 33.6 Å². The smallest absolute Gasteiger partial charge is 0.417 e. The van der Waals surface area contributed by atoms with Crippen molar-refractivity contribution in [3.63, 3.8) is 0 Å². The summed E-state index contributed by atoms with van der Waals surface area (Å²) in [6, 6.07) is -2.52. The molecule has 0 aliphatic carbocycles. The van der Waals surface area contributed by atoms with Crippen LogP contribution in [0.25, 0.3) is 11.0 Å². The molecule has 2 aromatic rings. The molecule has 1 aromatic carbocycles. The first-order chi connectivity index (χ1) is 23.1. The third-order valence-corrected chi connectivity index (χ3v) is 7.20. The van der Waals surface area contributed by atoms with Crippen molar-refractivity contribution < 1.29 is 56.3 Å². The minimum Gasteiger partial charge on any atom is -0.481 e. The van der Waals surface area contributed by atoms with Gasteiger partial charge >= 0.3 is 17.8 Å². The molecule has 0 aliphatic rings. The summed E-state index contributed by atoms with van der Waals surface area (Å²) < 4.78 is 45.1. The Labute approximate surface area is 283 Å². The van der Waals surface area contributed by atoms with Gasteiger partial charge in [0, 0.05) is 36.6 Å². The van der Waals surface area contributed by atoms with E-state index in [0.717, 1.165) is 18.2 Å². The average Bonchev–Trinajstić information content (AvgIpc) is 2.98. The Hall–Kier alpha value is -5.49. The van der Waals surface area contributed by atoms with Gasteiger partial charge in [0.2, 0.25) is 35.4 Å². The molecule has 4 unspecified atom stereocenters. The fourth-order valence-electron chi connectivity index (χ4n) is 4.71. The number of halogens is 3. The molecule has 4 atom stereocenters. The molecule has 274 valence electrons. The molecule has 6 amide bonds. The highest BCUT2D eigenvalue weighted by Gasteiger charge is 2.35. The molecule has 0 saturated heterocycles. The zero-order valence-corrected chi connectivity index (χ0v) is 27.7. The monoisotopic (exact) mass is 712 g/mol. The van der Waals surface area contributed by atoms with Gasteiger partial charge in [0.05, 0.1) is 12.0 Å². The molecule has 50 heavy (non-hydrogen) atoms. The van der Waals surface area contributed by atoms with Gasteiger partial charge in [-0.15, -0.1) is 0 Å². The summed E-state index contributed by atoms with van der Waals surface area (Å²) >= 11 is 0. The molecule has 16 nitrogen and oxygen atoms in total. The fourth-order valence-corrected chi connectivity index (χ4v) is 4.71. The van der Waals surface area contributed by atoms with Crippen molar-refractivity contribution >= 4 is 58.1 Å². The van der Waals surface area contributed by atoms with Gasteiger partial charge in [0.1, 0.15) is 29.8 Å². The molecule has 0 radical (unpaired) electrons. The SMILES string of the molecule is CC(=O)NC(C(=O)NC(CCC(N)=O)C(=O)NC(C(=O)NC(CC(=O)O)C(=O)Nc1ccc2c(C(F)(F)F)cc(=O)oc2c1)C(C)C)C(C)C. The van der Waals surface area contributed by atoms with Crippen LogP contribution in [0.2, 0.25) is 0 Å². The topological polar surface area (TPSA) is 256 Å². The minimum absolute atomic E-state index is 0.199. The van der Waals surface area contributed by atoms with E-state index in [0.29, 0.717) is 0 Å². The van der Waals surface area contributed by atoms with Crippen molar-refractivity contribution in [2.45, 2.75) is 84.2 Å². The number of benzene rings is 1. The lowest BCUT2D eigenvalue weighted by molar-refractivity contribution is -0.140. The first kappa shape index (κ1) is 40.7. The summed E-state index contributed by atoms with van der Waals surface area (Å²) in [5.74, 6) is -7.77. The van der Waals surface area contributed by atoms with E-state index in [1.807, 2.05) is 0 Å². The summed E-state index contributed by atoms with van der Waals surface area (Å²) in [5.41, 5.74) is 1.91. The number of hydrogen-bond acceptors (Lipinski definition) is 9. The van der Waals surface area contributed by atoms with E-state index in [9.17, 15) is 56.6 Å². The standard InChI is InChI=1S/C31H39F3N6O10/c1-13(2)25(36-15(5)41)29(48)38-19(8-9-22(35)42)27(46)40-26(14(3)4)30(49)39-20(12-23(43)44)28(47)37-16-6-7-17-18(31(32,33)34)11-24(45)50-21(17)10-16/h6-7,10-11,13-14,19-20,25-26H,8-9,12H2,1-5H3,(H2,35,42)(H,36,41)(H,37,47)(H,38,48)(H,39,49)(H,40,46)(H,43,44). The molecular weight excluding hydrogens is 673 g/mol. The largest absolute Gasteiger partial charge is 0.481 e. The van der Waals surface area contributed by atoms with Crippen molar-refractivity contribution in [1.29, 1.82) is 0 Å². The predicted molar refractivity (Wildman–Crippen MR) is 170 cm³/mol. The molecule has 1 aromatic heterocycles. The summed E-state index contributed by atoms with van der Waals surface area (Å²) in [6.45, 7) is 7.50. The van der Waals surface area contributed by atoms with Crippen LogP contribution in [0.15, 0.2) is 33.5 Å². The second-order valence-electron chi connectivity index (χ2n) is 12.1. The Balaban J connectivity index is 2.31. The van der Waals surface area contributed by atoms with E-state index in [1.165, 1.54) is 20.8 Å². The second-order valence-corrected chi connectivity index (χ2v) is 12.1. The number of primary amides is 1. The van der Waals surface area contributed by atoms with Crippen LogP contribution in [0.3, 0.4) is 0 Å². The number of alkyl halides is 3. The molecule has 0 fully saturated rings. The number of nitrogens with two attached hydrogens (primary N) is 1. The lowest BCUT2D eigenvalue weighted by Crippen LogP contribution is -2.59. The molecule has 1 heterocycles. The molecule has 0 aliphatic heterocycles. The minimum atomic E-state index is -4.89. The molecule has 0 spiro atoms. The van der Waals surface area contributed by atoms with Gasteiger partial charge < -0.3 is 41.8 Å². The first-order valence-electron chi connectivity index (χ1n) is 15.2. The maximum Gasteiger partial charge on any atom is 0.417 e. The van der Waals surface area contributed by atoms with Gasteiger partial charge in [-0.05, 0) is 30.4 Å². The molecule has 0 bridgehead atoms. The summed E-state index contributed by atoms with van der Waals surface area (Å²) in [7, 11) is 0. The molecule has 19 heteroatoms. The van der Waals surface area contributed by atoms with Gasteiger partial charge in [0.15, 0.2) is 0 Å². The van der Waals surface area contributed by atoms with Crippen LogP contribution in [0.1, 0.15) is 59.4 Å². The van der Waals surface area contributed by atoms with Crippen molar-refractivity contribution in [2.75, 3.05) is 5.32 Å². The molecule has 0 saturated carbocycles. The van der Waals surface area contributed by atoms with Gasteiger partial charge in [-0.1, -0.05) is 27.7 Å². The average molecular weight is 713 g/mol. The first-order valence-corrected chi connectivity index (χ1v) is 15.2. The zero-order valence-electron chi connectivity index (χ0n) is 27.7. The molecule has 8 N–H and O–H groups in total. The van der Waals surface area contributed by atoms with Crippen molar-refractivity contribution in [1.82, 2.24) is 21.3 Å². The number of fused-ring (bicyclic) bond motifs is 1. The molecular formula is C31H39F3N6O10. The number of rotatable bonds is 16. The van der Waals surface area contributed by atoms with E-state index in [-0.39, 0.29) is 24.6 Å². The predicted octanol–water partition coefficient (Wildman–Crippen LogP) is 0.762. The summed E-state index contributed by atoms with van der Waals surface area (Å²) in [5, 5.41) is 20.8. The second kappa shape index (κ2) is 17.3. The number of carboxylic acid groups (broad SMARTS) is 1. The third kappa shape index (κ3) is 11.9. The number of amides is 6. The van der Waals surface area contributed by atoms with Gasteiger partial charge in [0.25, 0.3) is 0 Å². The third-order valence-electron chi connectivity index (χ3n) is 7.20. The van der Waals surface area contributed by atoms with E-state index in [2.05, 4.69) is 26.6 Å². The number of carbonyl (C=O) groups excluding carboxylic acids is 6. The van der Waals surface area contributed by atoms with Crippen LogP contribution < -0.4 is 37.9 Å². The number of carboxylic acids is 1. The lowest BCUT2D eigenvalue weighted by atomic mass is 10.00. The van der Waals surface area contributed by atoms with Crippen LogP contribution in [0.5, 0.6) is 0 Å². The number of anilines is 1. The fraction of sp³-hybridized carbons (Fsp3) is 0.484. The Morgan fingerprint density at radius 1 is 0.820 bits per heavy atom. The Morgan fingerprint density at radius 3 is 1.88 bits per heavy atom. The van der Waals surface area contributed by atoms with E-state index in [4.69, 9.17) is 10.2 Å². The lowest BCUT2D eigenvalue weighted by Gasteiger charge is -2.28. The van der Waals surface area contributed by atoms with Crippen LogP contribution >= 0.6 is 0 Å². The Kier molecular flexibility index (Phi) is 14.0. The summed E-state index contributed by atoms with van der Waals surface area (Å²) in [6.07, 6.45) is -6.49. The normalized spacial score (nSPS) is 13.9. The number of hydrogen-bond donors (Lipinski definition) is 7. The quantitative estimate of drug-likeness (QED) is 0.120. The van der Waals surface area contributed by atoms with Crippen LogP contribution in [0.4, 0.5) is 18.9 Å². The highest BCUT2D eigenvalue weighted by molar-refractivity contribution is 6.01. The number of nitrogens with one attached hydrogen (secondary N) is 5. The zero-order chi connectivity index (χ0) is 38.1. The van der Waals surface area contributed by atoms with Crippen LogP contribution in [-0.4, -0.2) is 70.7 Å². The highest BCUT2D eigenvalue weighted by Crippen LogP contribution is 2.34. The number of aliphatic carboxylic acids is 1. The van der Waals surface area contributed by atoms with E-state index < -0.39 is 112 Å². The van der Waals surface area contributed by atoms with Crippen LogP contribution in [0, 0.1) is 11.8 Å². The Morgan fingerprint density at radius 2 is 1.38 bits per heavy atom. The van der Waals surface area contributed by atoms with Crippen molar-refractivity contribution in [2.24, 2.45) is 17.6 Å². The van der Waals surface area contributed by atoms with Crippen molar-refractivity contribution in [3.8, 4) is 0 Å². The maximum absolute atomic E-state index is 13.4. The summed E-state index contributed by atoms with van der Waals surface area (Å²) in [4.78, 5) is 99.3. The maximum atomic E-state index is 13.4. The van der Waals surface area contributed by atoms with Gasteiger partial charge in [-0.2, -0.15) is 13.2 Å². The van der Waals surface area contributed by atoms with E-state index in [1.54, 1.807) is 13.8 Å². The van der Waals surface area contributed by atoms with E-state index >= 15 is 0 Å². The highest BCUT2D eigenvalue weighted by atomic mass is 19.4. The van der Waals surface area contributed by atoms with Crippen molar-refractivity contribution in [3.05, 3.63) is 40.2 Å². The molecule has 2 rings (SSSR count).